The van der Waals surface area contributed by atoms with Crippen LogP contribution in [0.15, 0.2) is 29.2 Å². The van der Waals surface area contributed by atoms with Gasteiger partial charge in [-0.25, -0.2) is 4.98 Å². The van der Waals surface area contributed by atoms with E-state index >= 15 is 0 Å². The van der Waals surface area contributed by atoms with E-state index in [0.717, 1.165) is 24.6 Å². The van der Waals surface area contributed by atoms with Gasteiger partial charge in [0.15, 0.2) is 5.65 Å². The Morgan fingerprint density at radius 1 is 1.22 bits per heavy atom. The number of fused-ring (bicyclic) bond motifs is 1. The van der Waals surface area contributed by atoms with Crippen LogP contribution >= 0.6 is 0 Å². The molecule has 2 rings (SSSR count). The van der Waals surface area contributed by atoms with Crippen molar-refractivity contribution in [3.05, 3.63) is 40.3 Å². The molecule has 1 amide bonds. The Kier molecular flexibility index (Phi) is 6.32. The maximum Gasteiger partial charge on any atom is 0.274 e. The summed E-state index contributed by atoms with van der Waals surface area (Å²) in [5.74, 6) is -0.135. The molecular formula is C18H25N3O2. The van der Waals surface area contributed by atoms with Crippen molar-refractivity contribution in [1.82, 2.24) is 9.66 Å². The van der Waals surface area contributed by atoms with Crippen LogP contribution in [0, 0.1) is 0 Å². The highest BCUT2D eigenvalue weighted by Gasteiger charge is 2.11. The number of carbonyl (C=O) groups excluding carboxylic acids is 1. The van der Waals surface area contributed by atoms with Gasteiger partial charge in [-0.2, -0.15) is 4.68 Å². The number of carbonyl (C=O) groups is 1. The fourth-order valence-corrected chi connectivity index (χ4v) is 2.62. The molecule has 23 heavy (non-hydrogen) atoms. The van der Waals surface area contributed by atoms with Crippen LogP contribution in [-0.2, 0) is 11.2 Å². The van der Waals surface area contributed by atoms with E-state index < -0.39 is 0 Å². The van der Waals surface area contributed by atoms with Crippen LogP contribution in [-0.4, -0.2) is 15.6 Å². The van der Waals surface area contributed by atoms with Gasteiger partial charge in [0.05, 0.1) is 0 Å². The predicted molar refractivity (Wildman–Crippen MR) is 93.1 cm³/mol. The Bertz CT molecular complexity index is 722. The molecule has 0 radical (unpaired) electrons. The Labute approximate surface area is 136 Å². The summed E-state index contributed by atoms with van der Waals surface area (Å²) in [6.07, 6.45) is 8.11. The average molecular weight is 315 g/mol. The summed E-state index contributed by atoms with van der Waals surface area (Å²) < 4.78 is 1.29. The molecule has 0 aliphatic rings. The Balaban J connectivity index is 2.14. The number of unbranched alkanes of at least 4 members (excludes halogenated alkanes) is 4. The van der Waals surface area contributed by atoms with Gasteiger partial charge in [-0.05, 0) is 31.0 Å². The summed E-state index contributed by atoms with van der Waals surface area (Å²) in [6, 6.07) is 5.57. The van der Waals surface area contributed by atoms with Gasteiger partial charge >= 0.3 is 0 Å². The topological polar surface area (TPSA) is 64.0 Å². The number of nitrogens with one attached hydrogen (secondary N) is 1. The molecule has 0 aliphatic carbocycles. The molecule has 2 aromatic rings. The van der Waals surface area contributed by atoms with Crippen LogP contribution in [0.5, 0.6) is 0 Å². The Hall–Kier alpha value is -2.17. The van der Waals surface area contributed by atoms with Gasteiger partial charge in [0.1, 0.15) is 0 Å². The number of amides is 1. The molecule has 0 aliphatic heterocycles. The third kappa shape index (κ3) is 4.41. The lowest BCUT2D eigenvalue weighted by Crippen LogP contribution is -2.35. The fourth-order valence-electron chi connectivity index (χ4n) is 2.62. The molecule has 0 atom stereocenters. The van der Waals surface area contributed by atoms with E-state index in [9.17, 15) is 9.59 Å². The lowest BCUT2D eigenvalue weighted by Gasteiger charge is -2.12. The predicted octanol–water partition coefficient (Wildman–Crippen LogP) is 3.39. The van der Waals surface area contributed by atoms with E-state index in [2.05, 4.69) is 17.3 Å². The van der Waals surface area contributed by atoms with Crippen molar-refractivity contribution in [3.8, 4) is 0 Å². The third-order valence-electron chi connectivity index (χ3n) is 3.96. The Morgan fingerprint density at radius 2 is 2.00 bits per heavy atom. The number of pyridine rings is 2. The molecule has 1 N–H and O–H groups in total. The molecule has 2 heterocycles. The summed E-state index contributed by atoms with van der Waals surface area (Å²) in [6.45, 7) is 4.09. The monoisotopic (exact) mass is 315 g/mol. The zero-order chi connectivity index (χ0) is 16.7. The second-order valence-electron chi connectivity index (χ2n) is 5.78. The number of hydrogen-bond acceptors (Lipinski definition) is 3. The summed E-state index contributed by atoms with van der Waals surface area (Å²) in [5.41, 5.74) is 3.69. The molecule has 0 bridgehead atoms. The number of rotatable bonds is 8. The van der Waals surface area contributed by atoms with Crippen molar-refractivity contribution in [1.29, 1.82) is 0 Å². The highest BCUT2D eigenvalue weighted by atomic mass is 16.2. The van der Waals surface area contributed by atoms with E-state index in [1.54, 1.807) is 6.20 Å². The minimum absolute atomic E-state index is 0.135. The average Bonchev–Trinajstić information content (AvgIpc) is 2.57. The molecule has 0 saturated carbocycles. The van der Waals surface area contributed by atoms with Crippen LogP contribution in [0.25, 0.3) is 11.0 Å². The largest absolute Gasteiger partial charge is 0.274 e. The number of hydrogen-bond donors (Lipinski definition) is 1. The molecule has 0 saturated heterocycles. The first-order chi connectivity index (χ1) is 11.2. The first kappa shape index (κ1) is 17.2. The normalized spacial score (nSPS) is 10.9. The summed E-state index contributed by atoms with van der Waals surface area (Å²) in [5, 5.41) is 0.854. The van der Waals surface area contributed by atoms with Crippen LogP contribution in [0.2, 0.25) is 0 Å². The summed E-state index contributed by atoms with van der Waals surface area (Å²) >= 11 is 0. The number of aromatic nitrogens is 2. The van der Waals surface area contributed by atoms with Crippen molar-refractivity contribution in [2.75, 3.05) is 5.43 Å². The number of nitrogens with zero attached hydrogens (tertiary/aromatic N) is 2. The van der Waals surface area contributed by atoms with Gasteiger partial charge in [-0.15, -0.1) is 0 Å². The zero-order valence-corrected chi connectivity index (χ0v) is 14.0. The van der Waals surface area contributed by atoms with E-state index in [1.165, 1.54) is 17.5 Å². The van der Waals surface area contributed by atoms with Crippen molar-refractivity contribution in [2.45, 2.75) is 58.8 Å². The summed E-state index contributed by atoms with van der Waals surface area (Å²) in [4.78, 5) is 28.9. The van der Waals surface area contributed by atoms with Crippen molar-refractivity contribution in [3.63, 3.8) is 0 Å². The molecule has 0 spiro atoms. The van der Waals surface area contributed by atoms with E-state index in [0.29, 0.717) is 24.1 Å². The second kappa shape index (κ2) is 8.46. The smallest absolute Gasteiger partial charge is 0.273 e. The van der Waals surface area contributed by atoms with Gasteiger partial charge in [0, 0.05) is 23.6 Å². The van der Waals surface area contributed by atoms with Crippen LogP contribution in [0.3, 0.4) is 0 Å². The fraction of sp³-hybridized carbons (Fsp3) is 0.500. The molecule has 2 aromatic heterocycles. The summed E-state index contributed by atoms with van der Waals surface area (Å²) in [7, 11) is 0. The molecule has 5 nitrogen and oxygen atoms in total. The van der Waals surface area contributed by atoms with Gasteiger partial charge in [0.25, 0.3) is 5.56 Å². The van der Waals surface area contributed by atoms with E-state index in [4.69, 9.17) is 0 Å². The van der Waals surface area contributed by atoms with E-state index in [-0.39, 0.29) is 11.5 Å². The zero-order valence-electron chi connectivity index (χ0n) is 14.0. The van der Waals surface area contributed by atoms with Gasteiger partial charge in [0.2, 0.25) is 5.91 Å². The molecular weight excluding hydrogens is 290 g/mol. The standard InChI is InChI=1S/C18H25N3O2/c1-3-5-6-7-8-11-16(22)20-21-17-15(10-9-12-19-17)13-14(4-2)18(21)23/h9-10,12-13H,3-8,11H2,1-2H3,(H,20,22). The third-order valence-corrected chi connectivity index (χ3v) is 3.96. The molecule has 5 heteroatoms. The number of aryl methyl sites for hydroxylation is 1. The maximum atomic E-state index is 12.5. The first-order valence-electron chi connectivity index (χ1n) is 8.46. The Morgan fingerprint density at radius 3 is 2.74 bits per heavy atom. The second-order valence-corrected chi connectivity index (χ2v) is 5.78. The minimum Gasteiger partial charge on any atom is -0.273 e. The quantitative estimate of drug-likeness (QED) is 0.759. The van der Waals surface area contributed by atoms with Crippen molar-refractivity contribution >= 4 is 16.9 Å². The van der Waals surface area contributed by atoms with Crippen LogP contribution < -0.4 is 11.0 Å². The molecule has 0 unspecified atom stereocenters. The molecule has 124 valence electrons. The van der Waals surface area contributed by atoms with Crippen LogP contribution in [0.1, 0.15) is 57.9 Å². The highest BCUT2D eigenvalue weighted by Crippen LogP contribution is 2.11. The van der Waals surface area contributed by atoms with Crippen molar-refractivity contribution in [2.24, 2.45) is 0 Å². The SMILES string of the molecule is CCCCCCCC(=O)Nn1c(=O)c(CC)cc2cccnc21. The van der Waals surface area contributed by atoms with Gasteiger partial charge < -0.3 is 0 Å². The maximum absolute atomic E-state index is 12.5. The molecule has 0 fully saturated rings. The van der Waals surface area contributed by atoms with Crippen LogP contribution in [0.4, 0.5) is 0 Å². The van der Waals surface area contributed by atoms with Gasteiger partial charge in [-0.1, -0.05) is 39.5 Å². The van der Waals surface area contributed by atoms with E-state index in [1.807, 2.05) is 25.1 Å². The highest BCUT2D eigenvalue weighted by molar-refractivity contribution is 5.86. The minimum atomic E-state index is -0.196. The first-order valence-corrected chi connectivity index (χ1v) is 8.46. The van der Waals surface area contributed by atoms with Gasteiger partial charge in [-0.3, -0.25) is 15.0 Å². The lowest BCUT2D eigenvalue weighted by atomic mass is 10.1. The lowest BCUT2D eigenvalue weighted by molar-refractivity contribution is -0.117. The van der Waals surface area contributed by atoms with Crippen molar-refractivity contribution < 1.29 is 4.79 Å². The molecule has 0 aromatic carbocycles.